The van der Waals surface area contributed by atoms with E-state index >= 15 is 0 Å². The van der Waals surface area contributed by atoms with Crippen LogP contribution in [0.2, 0.25) is 0 Å². The van der Waals surface area contributed by atoms with Gasteiger partial charge in [0.25, 0.3) is 5.69 Å². The van der Waals surface area contributed by atoms with Gasteiger partial charge in [-0.2, -0.15) is 0 Å². The Hall–Kier alpha value is -2.18. The number of carboxylic acid groups (broad SMARTS) is 1. The predicted molar refractivity (Wildman–Crippen MR) is 70.5 cm³/mol. The molecule has 2 N–H and O–H groups in total. The number of anilines is 1. The Balaban J connectivity index is 2.28. The van der Waals surface area contributed by atoms with Crippen LogP contribution in [0.3, 0.4) is 0 Å². The van der Waals surface area contributed by atoms with Crippen molar-refractivity contribution in [2.24, 2.45) is 5.41 Å². The summed E-state index contributed by atoms with van der Waals surface area (Å²) < 4.78 is 13.6. The topological polar surface area (TPSA) is 92.5 Å². The van der Waals surface area contributed by atoms with Gasteiger partial charge in [0.05, 0.1) is 4.92 Å². The first kappa shape index (κ1) is 14.2. The molecule has 0 unspecified atom stereocenters. The van der Waals surface area contributed by atoms with Crippen molar-refractivity contribution in [1.29, 1.82) is 0 Å². The van der Waals surface area contributed by atoms with E-state index in [1.807, 2.05) is 0 Å². The van der Waals surface area contributed by atoms with Crippen LogP contribution in [0.4, 0.5) is 15.8 Å². The van der Waals surface area contributed by atoms with Crippen LogP contribution in [-0.4, -0.2) is 22.5 Å². The molecule has 0 spiro atoms. The van der Waals surface area contributed by atoms with E-state index in [9.17, 15) is 19.3 Å². The van der Waals surface area contributed by atoms with Crippen LogP contribution in [0.25, 0.3) is 0 Å². The van der Waals surface area contributed by atoms with Crippen LogP contribution in [0, 0.1) is 21.3 Å². The third-order valence-corrected chi connectivity index (χ3v) is 3.78. The third-order valence-electron chi connectivity index (χ3n) is 3.78. The lowest BCUT2D eigenvalue weighted by Gasteiger charge is -2.38. The number of halogens is 1. The van der Waals surface area contributed by atoms with Crippen molar-refractivity contribution in [3.05, 3.63) is 33.6 Å². The van der Waals surface area contributed by atoms with Gasteiger partial charge in [-0.05, 0) is 18.3 Å². The van der Waals surface area contributed by atoms with E-state index in [0.29, 0.717) is 6.54 Å². The maximum atomic E-state index is 13.6. The molecular weight excluding hydrogens is 267 g/mol. The first-order chi connectivity index (χ1) is 9.32. The molecule has 1 aliphatic rings. The van der Waals surface area contributed by atoms with E-state index in [1.54, 1.807) is 0 Å². The highest BCUT2D eigenvalue weighted by Crippen LogP contribution is 2.41. The number of hydrogen-bond acceptors (Lipinski definition) is 4. The van der Waals surface area contributed by atoms with Gasteiger partial charge in [0.15, 0.2) is 0 Å². The molecular formula is C13H15FN2O4. The van der Waals surface area contributed by atoms with Gasteiger partial charge in [-0.25, -0.2) is 9.18 Å². The van der Waals surface area contributed by atoms with Gasteiger partial charge in [0.1, 0.15) is 17.1 Å². The van der Waals surface area contributed by atoms with Gasteiger partial charge in [0, 0.05) is 18.7 Å². The molecule has 6 nitrogen and oxygen atoms in total. The summed E-state index contributed by atoms with van der Waals surface area (Å²) in [6.07, 6.45) is 3.15. The summed E-state index contributed by atoms with van der Waals surface area (Å²) >= 11 is 0. The molecule has 1 aromatic rings. The fourth-order valence-electron chi connectivity index (χ4n) is 2.28. The van der Waals surface area contributed by atoms with Crippen molar-refractivity contribution in [1.82, 2.24) is 0 Å². The zero-order valence-electron chi connectivity index (χ0n) is 11.0. The Kier molecular flexibility index (Phi) is 3.61. The van der Waals surface area contributed by atoms with Crippen LogP contribution < -0.4 is 5.32 Å². The fourth-order valence-corrected chi connectivity index (χ4v) is 2.28. The van der Waals surface area contributed by atoms with Gasteiger partial charge in [-0.3, -0.25) is 10.1 Å². The molecule has 0 saturated heterocycles. The maximum absolute atomic E-state index is 13.6. The van der Waals surface area contributed by atoms with Crippen molar-refractivity contribution < 1.29 is 19.2 Å². The Morgan fingerprint density at radius 1 is 1.55 bits per heavy atom. The molecule has 1 aromatic carbocycles. The molecule has 0 radical (unpaired) electrons. The van der Waals surface area contributed by atoms with Crippen molar-refractivity contribution in [3.8, 4) is 0 Å². The van der Waals surface area contributed by atoms with Gasteiger partial charge in [0.2, 0.25) is 0 Å². The molecule has 0 bridgehead atoms. The number of benzene rings is 1. The molecule has 0 heterocycles. The summed E-state index contributed by atoms with van der Waals surface area (Å²) in [6, 6.07) is 1.63. The molecule has 20 heavy (non-hydrogen) atoms. The average molecular weight is 282 g/mol. The number of carbonyl (C=O) groups is 1. The number of rotatable bonds is 5. The minimum atomic E-state index is -1.52. The van der Waals surface area contributed by atoms with E-state index in [4.69, 9.17) is 5.11 Å². The number of aromatic carboxylic acids is 1. The van der Waals surface area contributed by atoms with Gasteiger partial charge in [-0.1, -0.05) is 13.3 Å². The molecule has 108 valence electrons. The molecule has 1 aliphatic carbocycles. The van der Waals surface area contributed by atoms with Crippen molar-refractivity contribution in [2.45, 2.75) is 26.2 Å². The van der Waals surface area contributed by atoms with Crippen LogP contribution >= 0.6 is 0 Å². The Morgan fingerprint density at radius 3 is 2.65 bits per heavy atom. The van der Waals surface area contributed by atoms with E-state index in [0.717, 1.165) is 31.4 Å². The van der Waals surface area contributed by atoms with E-state index in [1.165, 1.54) is 0 Å². The number of nitro groups is 1. The molecule has 0 atom stereocenters. The first-order valence-electron chi connectivity index (χ1n) is 6.27. The standard InChI is InChI=1S/C13H15FN2O4/c1-13(3-2-4-13)7-15-10-6-9(14)8(12(17)18)5-11(10)16(19)20/h5-6,15H,2-4,7H2,1H3,(H,17,18). The van der Waals surface area contributed by atoms with Gasteiger partial charge < -0.3 is 10.4 Å². The zero-order chi connectivity index (χ0) is 14.9. The number of nitrogens with zero attached hydrogens (tertiary/aromatic N) is 1. The number of hydrogen-bond donors (Lipinski definition) is 2. The minimum absolute atomic E-state index is 0.0191. The Bertz CT molecular complexity index is 570. The summed E-state index contributed by atoms with van der Waals surface area (Å²) in [5.74, 6) is -2.51. The van der Waals surface area contributed by atoms with Crippen molar-refractivity contribution >= 4 is 17.3 Å². The van der Waals surface area contributed by atoms with Gasteiger partial charge >= 0.3 is 5.97 Å². The lowest BCUT2D eigenvalue weighted by atomic mass is 9.70. The van der Waals surface area contributed by atoms with Crippen molar-refractivity contribution in [2.75, 3.05) is 11.9 Å². The summed E-state index contributed by atoms with van der Waals surface area (Å²) in [5.41, 5.74) is -1.04. The predicted octanol–water partition coefficient (Wildman–Crippen LogP) is 3.03. The summed E-state index contributed by atoms with van der Waals surface area (Å²) in [6.45, 7) is 2.55. The second-order valence-electron chi connectivity index (χ2n) is 5.43. The quantitative estimate of drug-likeness (QED) is 0.639. The average Bonchev–Trinajstić information content (AvgIpc) is 2.33. The fraction of sp³-hybridized carbons (Fsp3) is 0.462. The molecule has 0 aliphatic heterocycles. The molecule has 1 fully saturated rings. The lowest BCUT2D eigenvalue weighted by molar-refractivity contribution is -0.384. The number of carboxylic acids is 1. The third kappa shape index (κ3) is 2.71. The molecule has 1 saturated carbocycles. The van der Waals surface area contributed by atoms with Crippen LogP contribution in [0.15, 0.2) is 12.1 Å². The number of nitro benzene ring substituents is 1. The first-order valence-corrected chi connectivity index (χ1v) is 6.27. The maximum Gasteiger partial charge on any atom is 0.338 e. The second-order valence-corrected chi connectivity index (χ2v) is 5.43. The monoisotopic (exact) mass is 282 g/mol. The summed E-state index contributed by atoms with van der Waals surface area (Å²) in [5, 5.41) is 22.6. The SMILES string of the molecule is CC1(CNc2cc(F)c(C(=O)O)cc2[N+](=O)[O-])CCC1. The molecule has 2 rings (SSSR count). The minimum Gasteiger partial charge on any atom is -0.478 e. The largest absolute Gasteiger partial charge is 0.478 e. The Morgan fingerprint density at radius 2 is 2.20 bits per heavy atom. The zero-order valence-corrected chi connectivity index (χ0v) is 11.0. The van der Waals surface area contributed by atoms with Gasteiger partial charge in [-0.15, -0.1) is 0 Å². The number of nitrogens with one attached hydrogen (secondary N) is 1. The van der Waals surface area contributed by atoms with E-state index in [2.05, 4.69) is 12.2 Å². The van der Waals surface area contributed by atoms with Crippen LogP contribution in [0.5, 0.6) is 0 Å². The lowest BCUT2D eigenvalue weighted by Crippen LogP contribution is -2.33. The summed E-state index contributed by atoms with van der Waals surface area (Å²) in [7, 11) is 0. The highest BCUT2D eigenvalue weighted by Gasteiger charge is 2.32. The second kappa shape index (κ2) is 5.07. The van der Waals surface area contributed by atoms with Crippen LogP contribution in [-0.2, 0) is 0 Å². The van der Waals surface area contributed by atoms with E-state index in [-0.39, 0.29) is 11.1 Å². The van der Waals surface area contributed by atoms with Crippen molar-refractivity contribution in [3.63, 3.8) is 0 Å². The smallest absolute Gasteiger partial charge is 0.338 e. The molecule has 7 heteroatoms. The summed E-state index contributed by atoms with van der Waals surface area (Å²) in [4.78, 5) is 21.1. The van der Waals surface area contributed by atoms with E-state index < -0.39 is 28.0 Å². The highest BCUT2D eigenvalue weighted by atomic mass is 19.1. The van der Waals surface area contributed by atoms with Crippen LogP contribution in [0.1, 0.15) is 36.5 Å². The normalized spacial score (nSPS) is 16.3. The Labute approximate surface area is 114 Å². The molecule has 0 amide bonds. The highest BCUT2D eigenvalue weighted by molar-refractivity contribution is 5.90. The molecule has 0 aromatic heterocycles.